The molecule has 0 radical (unpaired) electrons. The smallest absolute Gasteiger partial charge is 0.0271 e. The molecule has 0 amide bonds. The van der Waals surface area contributed by atoms with E-state index in [9.17, 15) is 0 Å². The summed E-state index contributed by atoms with van der Waals surface area (Å²) in [6.07, 6.45) is 4.93. The molecule has 0 fully saturated rings. The highest BCUT2D eigenvalue weighted by Crippen LogP contribution is 2.10. The number of nitrogens with zero attached hydrogens (tertiary/aromatic N) is 2. The zero-order valence-corrected chi connectivity index (χ0v) is 11.1. The fourth-order valence-electron chi connectivity index (χ4n) is 1.59. The lowest BCUT2D eigenvalue weighted by atomic mass is 10.1. The van der Waals surface area contributed by atoms with Gasteiger partial charge < -0.3 is 4.90 Å². The zero-order chi connectivity index (χ0) is 11.1. The molecule has 1 aromatic heterocycles. The van der Waals surface area contributed by atoms with Gasteiger partial charge in [0.2, 0.25) is 0 Å². The predicted molar refractivity (Wildman–Crippen MR) is 68.1 cm³/mol. The van der Waals surface area contributed by atoms with Crippen LogP contribution >= 0.6 is 15.9 Å². The molecule has 0 aliphatic rings. The van der Waals surface area contributed by atoms with Crippen molar-refractivity contribution < 1.29 is 0 Å². The summed E-state index contributed by atoms with van der Waals surface area (Å²) in [5, 5.41) is 1.09. The van der Waals surface area contributed by atoms with E-state index in [1.165, 1.54) is 12.0 Å². The molecule has 0 aliphatic carbocycles. The minimum atomic E-state index is 0.747. The Bertz CT molecular complexity index is 260. The van der Waals surface area contributed by atoms with Crippen LogP contribution < -0.4 is 0 Å². The summed E-state index contributed by atoms with van der Waals surface area (Å²) in [6, 6.07) is 4.15. The lowest BCUT2D eigenvalue weighted by Crippen LogP contribution is -2.25. The van der Waals surface area contributed by atoms with E-state index in [0.717, 1.165) is 24.3 Å². The van der Waals surface area contributed by atoms with Gasteiger partial charge in [-0.25, -0.2) is 0 Å². The number of alkyl halides is 1. The van der Waals surface area contributed by atoms with Crippen molar-refractivity contribution in [1.29, 1.82) is 0 Å². The quantitative estimate of drug-likeness (QED) is 0.739. The second-order valence-corrected chi connectivity index (χ2v) is 4.63. The first kappa shape index (κ1) is 12.7. The Labute approximate surface area is 101 Å². The van der Waals surface area contributed by atoms with Crippen LogP contribution in [0.25, 0.3) is 0 Å². The topological polar surface area (TPSA) is 16.1 Å². The van der Waals surface area contributed by atoms with Crippen LogP contribution in [0.5, 0.6) is 0 Å². The lowest BCUT2D eigenvalue weighted by Gasteiger charge is -2.21. The third-order valence-corrected chi connectivity index (χ3v) is 3.48. The lowest BCUT2D eigenvalue weighted by molar-refractivity contribution is 0.278. The standard InChI is InChI=1S/C12H19BrN2/c1-3-11(8-13)9-15(2)10-12-4-6-14-7-5-12/h4-7,11H,3,8-10H2,1-2H3. The zero-order valence-electron chi connectivity index (χ0n) is 9.49. The van der Waals surface area contributed by atoms with E-state index in [1.807, 2.05) is 12.4 Å². The van der Waals surface area contributed by atoms with E-state index in [1.54, 1.807) is 0 Å². The van der Waals surface area contributed by atoms with Gasteiger partial charge in [-0.1, -0.05) is 29.3 Å². The molecule has 84 valence electrons. The molecule has 0 saturated heterocycles. The van der Waals surface area contributed by atoms with Gasteiger partial charge in [0.1, 0.15) is 0 Å². The maximum absolute atomic E-state index is 4.02. The van der Waals surface area contributed by atoms with Gasteiger partial charge in [-0.3, -0.25) is 4.98 Å². The first-order valence-electron chi connectivity index (χ1n) is 5.39. The normalized spacial score (nSPS) is 13.1. The van der Waals surface area contributed by atoms with Crippen LogP contribution in [0.15, 0.2) is 24.5 Å². The van der Waals surface area contributed by atoms with Gasteiger partial charge in [0.15, 0.2) is 0 Å². The van der Waals surface area contributed by atoms with Gasteiger partial charge in [-0.05, 0) is 30.7 Å². The molecular formula is C12H19BrN2. The summed E-state index contributed by atoms with van der Waals surface area (Å²) < 4.78 is 0. The number of halogens is 1. The Kier molecular flexibility index (Phi) is 5.88. The summed E-state index contributed by atoms with van der Waals surface area (Å²) >= 11 is 3.55. The molecule has 0 N–H and O–H groups in total. The highest BCUT2D eigenvalue weighted by Gasteiger charge is 2.08. The van der Waals surface area contributed by atoms with Crippen LogP contribution in [0.2, 0.25) is 0 Å². The molecule has 1 heterocycles. The number of hydrogen-bond acceptors (Lipinski definition) is 2. The van der Waals surface area contributed by atoms with Crippen LogP contribution in [-0.2, 0) is 6.54 Å². The molecule has 0 spiro atoms. The summed E-state index contributed by atoms with van der Waals surface area (Å²) in [6.45, 7) is 4.39. The summed E-state index contributed by atoms with van der Waals surface area (Å²) in [4.78, 5) is 6.39. The number of hydrogen-bond donors (Lipinski definition) is 0. The maximum atomic E-state index is 4.02. The van der Waals surface area contributed by atoms with Crippen molar-refractivity contribution in [3.8, 4) is 0 Å². The van der Waals surface area contributed by atoms with Crippen molar-refractivity contribution in [2.75, 3.05) is 18.9 Å². The van der Waals surface area contributed by atoms with Crippen molar-refractivity contribution in [3.63, 3.8) is 0 Å². The van der Waals surface area contributed by atoms with Gasteiger partial charge in [-0.15, -0.1) is 0 Å². The van der Waals surface area contributed by atoms with Crippen LogP contribution in [0, 0.1) is 5.92 Å². The number of pyridine rings is 1. The SMILES string of the molecule is CCC(CBr)CN(C)Cc1ccncc1. The minimum Gasteiger partial charge on any atom is -0.302 e. The van der Waals surface area contributed by atoms with Crippen LogP contribution in [0.3, 0.4) is 0 Å². The third kappa shape index (κ3) is 4.76. The van der Waals surface area contributed by atoms with Crippen LogP contribution in [-0.4, -0.2) is 28.8 Å². The molecule has 1 unspecified atom stereocenters. The van der Waals surface area contributed by atoms with Crippen LogP contribution in [0.1, 0.15) is 18.9 Å². The molecule has 0 aliphatic heterocycles. The van der Waals surface area contributed by atoms with Gasteiger partial charge in [-0.2, -0.15) is 0 Å². The molecule has 1 rings (SSSR count). The highest BCUT2D eigenvalue weighted by molar-refractivity contribution is 9.09. The molecule has 0 bridgehead atoms. The molecule has 0 aromatic carbocycles. The van der Waals surface area contributed by atoms with E-state index in [2.05, 4.69) is 51.9 Å². The summed E-state index contributed by atoms with van der Waals surface area (Å²) in [5.74, 6) is 0.747. The second-order valence-electron chi connectivity index (χ2n) is 3.98. The average Bonchev–Trinajstić information content (AvgIpc) is 2.27. The summed E-state index contributed by atoms with van der Waals surface area (Å²) in [5.41, 5.74) is 1.33. The second kappa shape index (κ2) is 6.96. The van der Waals surface area contributed by atoms with Gasteiger partial charge in [0, 0.05) is 30.8 Å². The monoisotopic (exact) mass is 270 g/mol. The Hall–Kier alpha value is -0.410. The minimum absolute atomic E-state index is 0.747. The third-order valence-electron chi connectivity index (χ3n) is 2.57. The van der Waals surface area contributed by atoms with E-state index in [4.69, 9.17) is 0 Å². The van der Waals surface area contributed by atoms with E-state index < -0.39 is 0 Å². The van der Waals surface area contributed by atoms with E-state index in [-0.39, 0.29) is 0 Å². The fourth-order valence-corrected chi connectivity index (χ4v) is 2.25. The van der Waals surface area contributed by atoms with Crippen LogP contribution in [0.4, 0.5) is 0 Å². The van der Waals surface area contributed by atoms with Crippen molar-refractivity contribution >= 4 is 15.9 Å². The van der Waals surface area contributed by atoms with E-state index >= 15 is 0 Å². The summed E-state index contributed by atoms with van der Waals surface area (Å²) in [7, 11) is 2.17. The maximum Gasteiger partial charge on any atom is 0.0271 e. The molecule has 2 nitrogen and oxygen atoms in total. The Morgan fingerprint density at radius 2 is 2.07 bits per heavy atom. The largest absolute Gasteiger partial charge is 0.302 e. The Morgan fingerprint density at radius 1 is 1.40 bits per heavy atom. The first-order chi connectivity index (χ1) is 7.26. The number of rotatable bonds is 6. The molecule has 1 aromatic rings. The molecule has 3 heteroatoms. The van der Waals surface area contributed by atoms with Gasteiger partial charge in [0.25, 0.3) is 0 Å². The van der Waals surface area contributed by atoms with E-state index in [0.29, 0.717) is 0 Å². The average molecular weight is 271 g/mol. The molecule has 1 atom stereocenters. The molecule has 0 saturated carbocycles. The molecule has 15 heavy (non-hydrogen) atoms. The van der Waals surface area contributed by atoms with Gasteiger partial charge in [0.05, 0.1) is 0 Å². The first-order valence-corrected chi connectivity index (χ1v) is 6.51. The van der Waals surface area contributed by atoms with Crippen molar-refractivity contribution in [1.82, 2.24) is 9.88 Å². The Morgan fingerprint density at radius 3 is 2.60 bits per heavy atom. The van der Waals surface area contributed by atoms with Crippen molar-refractivity contribution in [3.05, 3.63) is 30.1 Å². The van der Waals surface area contributed by atoms with Crippen molar-refractivity contribution in [2.45, 2.75) is 19.9 Å². The highest BCUT2D eigenvalue weighted by atomic mass is 79.9. The predicted octanol–water partition coefficient (Wildman–Crippen LogP) is 2.93. The van der Waals surface area contributed by atoms with Crippen molar-refractivity contribution in [2.24, 2.45) is 5.92 Å². The molecular weight excluding hydrogens is 252 g/mol. The van der Waals surface area contributed by atoms with Gasteiger partial charge >= 0.3 is 0 Å². The number of aromatic nitrogens is 1. The Balaban J connectivity index is 2.39. The fraction of sp³-hybridized carbons (Fsp3) is 0.583.